The summed E-state index contributed by atoms with van der Waals surface area (Å²) < 4.78 is 0. The number of aliphatic hydroxyl groups excluding tert-OH is 1. The summed E-state index contributed by atoms with van der Waals surface area (Å²) in [4.78, 5) is 6.54. The Kier molecular flexibility index (Phi) is 5.26. The van der Waals surface area contributed by atoms with Gasteiger partial charge in [0, 0.05) is 5.02 Å². The Hall–Kier alpha value is -2.17. The first kappa shape index (κ1) is 20.1. The van der Waals surface area contributed by atoms with E-state index in [1.165, 1.54) is 0 Å². The third kappa shape index (κ3) is 3.28. The van der Waals surface area contributed by atoms with E-state index in [0.29, 0.717) is 5.02 Å². The highest BCUT2D eigenvalue weighted by atomic mass is 35.5. The van der Waals surface area contributed by atoms with Crippen LogP contribution in [0.5, 0.6) is 0 Å². The first-order valence-corrected chi connectivity index (χ1v) is 10.3. The molecule has 2 unspecified atom stereocenters. The highest BCUT2D eigenvalue weighted by molar-refractivity contribution is 6.30. The van der Waals surface area contributed by atoms with Crippen LogP contribution in [0.15, 0.2) is 84.9 Å². The summed E-state index contributed by atoms with van der Waals surface area (Å²) in [6, 6.07) is 27.9. The normalized spacial score (nSPS) is 23.4. The zero-order chi connectivity index (χ0) is 20.6. The summed E-state index contributed by atoms with van der Waals surface area (Å²) in [7, 11) is 0. The van der Waals surface area contributed by atoms with Gasteiger partial charge in [-0.05, 0) is 49.6 Å². The van der Waals surface area contributed by atoms with Crippen molar-refractivity contribution in [3.05, 3.63) is 107 Å². The molecule has 1 fully saturated rings. The molecule has 1 N–H and O–H groups in total. The molecule has 0 amide bonds. The zero-order valence-corrected chi connectivity index (χ0v) is 17.7. The molecule has 0 aliphatic carbocycles. The number of hydrogen-bond donors (Lipinski definition) is 1. The van der Waals surface area contributed by atoms with Gasteiger partial charge in [-0.1, -0.05) is 84.4 Å². The SMILES string of the molecule is CC(O)C1(c2ccccc2)ON(C(C)(C)c2ccccc2)[C@H]1c1ccc(Cl)cc1. The van der Waals surface area contributed by atoms with Gasteiger partial charge < -0.3 is 5.11 Å². The molecule has 3 aromatic carbocycles. The van der Waals surface area contributed by atoms with Crippen molar-refractivity contribution in [3.8, 4) is 0 Å². The fraction of sp³-hybridized carbons (Fsp3) is 0.280. The van der Waals surface area contributed by atoms with Crippen LogP contribution in [0.25, 0.3) is 0 Å². The van der Waals surface area contributed by atoms with Crippen LogP contribution in [0.4, 0.5) is 0 Å². The second-order valence-corrected chi connectivity index (χ2v) is 8.57. The molecule has 1 aliphatic rings. The van der Waals surface area contributed by atoms with Crippen LogP contribution in [0.2, 0.25) is 5.02 Å². The van der Waals surface area contributed by atoms with Crippen LogP contribution in [-0.2, 0) is 16.0 Å². The van der Waals surface area contributed by atoms with E-state index >= 15 is 0 Å². The van der Waals surface area contributed by atoms with Gasteiger partial charge in [0.15, 0.2) is 5.60 Å². The molecule has 4 heteroatoms. The number of hydroxylamine groups is 2. The van der Waals surface area contributed by atoms with Gasteiger partial charge in [0.25, 0.3) is 0 Å². The van der Waals surface area contributed by atoms with Crippen molar-refractivity contribution in [2.24, 2.45) is 0 Å². The van der Waals surface area contributed by atoms with Crippen molar-refractivity contribution >= 4 is 11.6 Å². The van der Waals surface area contributed by atoms with Crippen molar-refractivity contribution in [2.45, 2.75) is 44.1 Å². The minimum absolute atomic E-state index is 0.183. The van der Waals surface area contributed by atoms with Crippen molar-refractivity contribution < 1.29 is 9.94 Å². The maximum atomic E-state index is 10.9. The van der Waals surface area contributed by atoms with Crippen LogP contribution in [0, 0.1) is 0 Å². The summed E-state index contributed by atoms with van der Waals surface area (Å²) in [5, 5.41) is 13.6. The van der Waals surface area contributed by atoms with E-state index in [1.807, 2.05) is 77.9 Å². The third-order valence-electron chi connectivity index (χ3n) is 5.95. The van der Waals surface area contributed by atoms with E-state index in [-0.39, 0.29) is 6.04 Å². The molecule has 0 saturated carbocycles. The van der Waals surface area contributed by atoms with Crippen LogP contribution in [-0.4, -0.2) is 16.3 Å². The maximum Gasteiger partial charge on any atom is 0.162 e. The second kappa shape index (κ2) is 7.58. The second-order valence-electron chi connectivity index (χ2n) is 8.13. The quantitative estimate of drug-likeness (QED) is 0.576. The molecule has 0 radical (unpaired) electrons. The molecule has 1 saturated heterocycles. The maximum absolute atomic E-state index is 10.9. The van der Waals surface area contributed by atoms with Gasteiger partial charge >= 0.3 is 0 Å². The Morgan fingerprint density at radius 3 is 2.03 bits per heavy atom. The largest absolute Gasteiger partial charge is 0.390 e. The molecule has 4 rings (SSSR count). The number of benzene rings is 3. The highest BCUT2D eigenvalue weighted by Crippen LogP contribution is 2.58. The number of hydrogen-bond acceptors (Lipinski definition) is 3. The number of nitrogens with zero attached hydrogens (tertiary/aromatic N) is 1. The molecule has 1 aliphatic heterocycles. The van der Waals surface area contributed by atoms with E-state index in [9.17, 15) is 5.11 Å². The van der Waals surface area contributed by atoms with Crippen molar-refractivity contribution in [2.75, 3.05) is 0 Å². The van der Waals surface area contributed by atoms with Gasteiger partial charge in [-0.25, -0.2) is 0 Å². The highest BCUT2D eigenvalue weighted by Gasteiger charge is 2.63. The Morgan fingerprint density at radius 1 is 0.931 bits per heavy atom. The molecule has 1 heterocycles. The first-order valence-electron chi connectivity index (χ1n) is 9.90. The van der Waals surface area contributed by atoms with Gasteiger partial charge in [0.2, 0.25) is 0 Å². The lowest BCUT2D eigenvalue weighted by atomic mass is 9.74. The van der Waals surface area contributed by atoms with E-state index in [1.54, 1.807) is 6.92 Å². The molecule has 3 aromatic rings. The van der Waals surface area contributed by atoms with Crippen LogP contribution < -0.4 is 0 Å². The first-order chi connectivity index (χ1) is 13.9. The fourth-order valence-corrected chi connectivity index (χ4v) is 4.41. The Labute approximate surface area is 177 Å². The summed E-state index contributed by atoms with van der Waals surface area (Å²) in [6.45, 7) is 6.08. The molecule has 3 atom stereocenters. The van der Waals surface area contributed by atoms with Gasteiger partial charge in [-0.15, -0.1) is 0 Å². The summed E-state index contributed by atoms with van der Waals surface area (Å²) >= 11 is 6.16. The summed E-state index contributed by atoms with van der Waals surface area (Å²) in [5.74, 6) is 0. The zero-order valence-electron chi connectivity index (χ0n) is 16.9. The van der Waals surface area contributed by atoms with Crippen molar-refractivity contribution in [1.82, 2.24) is 5.06 Å². The molecule has 29 heavy (non-hydrogen) atoms. The number of rotatable bonds is 5. The smallest absolute Gasteiger partial charge is 0.162 e. The van der Waals surface area contributed by atoms with Crippen molar-refractivity contribution in [1.29, 1.82) is 0 Å². The molecular weight excluding hydrogens is 382 g/mol. The molecule has 0 spiro atoms. The summed E-state index contributed by atoms with van der Waals surface area (Å²) in [6.07, 6.45) is -0.714. The van der Waals surface area contributed by atoms with Crippen LogP contribution >= 0.6 is 11.6 Å². The third-order valence-corrected chi connectivity index (χ3v) is 6.20. The molecule has 3 nitrogen and oxygen atoms in total. The van der Waals surface area contributed by atoms with Gasteiger partial charge in [-0.2, -0.15) is 5.06 Å². The van der Waals surface area contributed by atoms with Crippen LogP contribution in [0.1, 0.15) is 43.5 Å². The topological polar surface area (TPSA) is 32.7 Å². The van der Waals surface area contributed by atoms with E-state index in [0.717, 1.165) is 16.7 Å². The molecule has 0 bridgehead atoms. The molecule has 0 aromatic heterocycles. The van der Waals surface area contributed by atoms with Gasteiger partial charge in [0.1, 0.15) is 0 Å². The van der Waals surface area contributed by atoms with E-state index < -0.39 is 17.2 Å². The minimum Gasteiger partial charge on any atom is -0.390 e. The van der Waals surface area contributed by atoms with Gasteiger partial charge in [0.05, 0.1) is 17.7 Å². The Balaban J connectivity index is 1.85. The van der Waals surface area contributed by atoms with Gasteiger partial charge in [-0.3, -0.25) is 4.84 Å². The monoisotopic (exact) mass is 407 g/mol. The number of halogens is 1. The standard InChI is InChI=1S/C25H26ClNO2/c1-18(28)25(21-12-8-5-9-13-21)23(19-14-16-22(26)17-15-19)27(29-25)24(2,3)20-10-6-4-7-11-20/h4-18,23,28H,1-3H3/t18?,23-,25?/m0/s1. The lowest BCUT2D eigenvalue weighted by Crippen LogP contribution is -2.68. The van der Waals surface area contributed by atoms with Crippen LogP contribution in [0.3, 0.4) is 0 Å². The fourth-order valence-electron chi connectivity index (χ4n) is 4.28. The predicted molar refractivity (Wildman–Crippen MR) is 116 cm³/mol. The average Bonchev–Trinajstić information content (AvgIpc) is 2.70. The Morgan fingerprint density at radius 2 is 1.48 bits per heavy atom. The van der Waals surface area contributed by atoms with E-state index in [2.05, 4.69) is 26.0 Å². The lowest BCUT2D eigenvalue weighted by Gasteiger charge is -2.62. The molecule has 150 valence electrons. The van der Waals surface area contributed by atoms with E-state index in [4.69, 9.17) is 16.4 Å². The van der Waals surface area contributed by atoms with Crippen molar-refractivity contribution in [3.63, 3.8) is 0 Å². The Bertz CT molecular complexity index is 957. The summed E-state index contributed by atoms with van der Waals surface area (Å²) in [5.41, 5.74) is 1.87. The average molecular weight is 408 g/mol. The number of aliphatic hydroxyl groups is 1. The minimum atomic E-state index is -0.874. The predicted octanol–water partition coefficient (Wildman–Crippen LogP) is 5.84. The lowest BCUT2D eigenvalue weighted by molar-refractivity contribution is -0.457. The molecular formula is C25H26ClNO2.